The van der Waals surface area contributed by atoms with E-state index in [1.165, 1.54) is 0 Å². The van der Waals surface area contributed by atoms with Crippen molar-refractivity contribution in [1.29, 1.82) is 0 Å². The Morgan fingerprint density at radius 2 is 2.14 bits per heavy atom. The van der Waals surface area contributed by atoms with E-state index < -0.39 is 22.6 Å². The molecular weight excluding hydrogens is 500 g/mol. The third-order valence-electron chi connectivity index (χ3n) is 7.69. The molecule has 1 aromatic carbocycles. The van der Waals surface area contributed by atoms with Crippen LogP contribution in [0.3, 0.4) is 0 Å². The lowest BCUT2D eigenvalue weighted by Crippen LogP contribution is -2.55. The van der Waals surface area contributed by atoms with Crippen LogP contribution in [-0.2, 0) is 19.1 Å². The van der Waals surface area contributed by atoms with Crippen molar-refractivity contribution in [2.24, 2.45) is 11.8 Å². The summed E-state index contributed by atoms with van der Waals surface area (Å²) in [6, 6.07) is 4.80. The number of esters is 1. The predicted octanol–water partition coefficient (Wildman–Crippen LogP) is 3.98. The summed E-state index contributed by atoms with van der Waals surface area (Å²) in [6.07, 6.45) is 5.19. The second-order valence-electron chi connectivity index (χ2n) is 9.77. The van der Waals surface area contributed by atoms with Crippen LogP contribution in [0.4, 0.5) is 5.69 Å². The van der Waals surface area contributed by atoms with Crippen LogP contribution in [0.2, 0.25) is 5.02 Å². The van der Waals surface area contributed by atoms with Gasteiger partial charge in [-0.25, -0.2) is 0 Å². The molecule has 4 rings (SSSR count). The molecule has 7 nitrogen and oxygen atoms in total. The van der Waals surface area contributed by atoms with Crippen LogP contribution in [0.5, 0.6) is 0 Å². The van der Waals surface area contributed by atoms with Gasteiger partial charge in [-0.05, 0) is 57.6 Å². The van der Waals surface area contributed by atoms with Gasteiger partial charge in [0.15, 0.2) is 0 Å². The number of rotatable bonds is 11. The largest absolute Gasteiger partial charge is 0.466 e. The van der Waals surface area contributed by atoms with Crippen molar-refractivity contribution in [2.45, 2.75) is 62.0 Å². The van der Waals surface area contributed by atoms with Crippen molar-refractivity contribution in [3.8, 4) is 0 Å². The van der Waals surface area contributed by atoms with Crippen LogP contribution in [0, 0.1) is 18.8 Å². The number of aryl methyl sites for hydroxylation is 1. The van der Waals surface area contributed by atoms with Crippen molar-refractivity contribution in [3.63, 3.8) is 0 Å². The van der Waals surface area contributed by atoms with E-state index >= 15 is 0 Å². The Kier molecular flexibility index (Phi) is 8.37. The average Bonchev–Trinajstić information content (AvgIpc) is 3.48. The van der Waals surface area contributed by atoms with Gasteiger partial charge in [-0.2, -0.15) is 0 Å². The summed E-state index contributed by atoms with van der Waals surface area (Å²) in [4.78, 5) is 44.8. The summed E-state index contributed by atoms with van der Waals surface area (Å²) >= 11 is 8.21. The van der Waals surface area contributed by atoms with Crippen LogP contribution in [0.1, 0.15) is 44.6 Å². The van der Waals surface area contributed by atoms with E-state index in [-0.39, 0.29) is 42.8 Å². The molecular formula is C27H35ClN2O5S. The zero-order valence-corrected chi connectivity index (χ0v) is 22.5. The van der Waals surface area contributed by atoms with E-state index in [1.54, 1.807) is 40.6 Å². The molecule has 3 fully saturated rings. The number of ether oxygens (including phenoxy) is 1. The summed E-state index contributed by atoms with van der Waals surface area (Å²) in [5.74, 6) is -1.79. The number of hydrogen-bond acceptors (Lipinski definition) is 6. The summed E-state index contributed by atoms with van der Waals surface area (Å²) < 4.78 is 4.71. The van der Waals surface area contributed by atoms with Crippen LogP contribution >= 0.6 is 23.4 Å². The van der Waals surface area contributed by atoms with Gasteiger partial charge in [0, 0.05) is 24.9 Å². The number of para-hydroxylation sites is 1. The highest BCUT2D eigenvalue weighted by molar-refractivity contribution is 8.02. The number of unbranched alkanes of at least 4 members (excludes halogenated alkanes) is 2. The summed E-state index contributed by atoms with van der Waals surface area (Å²) in [5.41, 5.74) is 1.48. The number of carbonyl (C=O) groups is 3. The quantitative estimate of drug-likeness (QED) is 0.262. The van der Waals surface area contributed by atoms with Crippen molar-refractivity contribution in [1.82, 2.24) is 4.90 Å². The maximum Gasteiger partial charge on any atom is 0.310 e. The molecule has 3 saturated heterocycles. The topological polar surface area (TPSA) is 87.2 Å². The Labute approximate surface area is 222 Å². The number of likely N-dealkylation sites (tertiary alicyclic amines) is 1. The molecule has 3 aliphatic heterocycles. The number of amides is 2. The van der Waals surface area contributed by atoms with Gasteiger partial charge >= 0.3 is 5.97 Å². The molecule has 2 bridgehead atoms. The maximum atomic E-state index is 14.5. The molecule has 196 valence electrons. The normalized spacial score (nSPS) is 28.3. The average molecular weight is 535 g/mol. The Hall–Kier alpha value is -2.03. The first kappa shape index (κ1) is 27.0. The highest BCUT2D eigenvalue weighted by Gasteiger charge is 2.74. The van der Waals surface area contributed by atoms with Crippen LogP contribution in [0.15, 0.2) is 30.9 Å². The molecule has 0 aromatic heterocycles. The number of aliphatic hydroxyl groups excluding tert-OH is 1. The fourth-order valence-corrected chi connectivity index (χ4v) is 8.81. The summed E-state index contributed by atoms with van der Waals surface area (Å²) in [7, 11) is 0. The van der Waals surface area contributed by atoms with E-state index in [9.17, 15) is 19.5 Å². The van der Waals surface area contributed by atoms with Gasteiger partial charge in [0.1, 0.15) is 6.04 Å². The third-order valence-corrected chi connectivity index (χ3v) is 9.94. The maximum absolute atomic E-state index is 14.5. The Morgan fingerprint density at radius 1 is 1.36 bits per heavy atom. The van der Waals surface area contributed by atoms with E-state index in [0.717, 1.165) is 18.4 Å². The molecule has 0 aliphatic carbocycles. The number of hydrogen-bond donors (Lipinski definition) is 1. The van der Waals surface area contributed by atoms with Crippen molar-refractivity contribution >= 4 is 46.8 Å². The van der Waals surface area contributed by atoms with Gasteiger partial charge in [0.2, 0.25) is 5.91 Å². The molecule has 0 radical (unpaired) electrons. The smallest absolute Gasteiger partial charge is 0.310 e. The molecule has 36 heavy (non-hydrogen) atoms. The first-order chi connectivity index (χ1) is 17.3. The number of nitrogens with zero attached hydrogens (tertiary/aromatic N) is 2. The predicted molar refractivity (Wildman–Crippen MR) is 142 cm³/mol. The minimum absolute atomic E-state index is 0.0280. The minimum Gasteiger partial charge on any atom is -0.466 e. The molecule has 3 aliphatic rings. The Bertz CT molecular complexity index is 1020. The fourth-order valence-electron chi connectivity index (χ4n) is 6.28. The molecule has 1 spiro atoms. The lowest BCUT2D eigenvalue weighted by atomic mass is 9.71. The van der Waals surface area contributed by atoms with Crippen LogP contribution < -0.4 is 4.90 Å². The SMILES string of the molecule is C=CCN(C(=O)C1N(CCCCCO)C(=O)[C@@H]2[C@@H](C(=O)OCC)[C@H]3CCC12S3)c1c(C)cccc1Cl. The van der Waals surface area contributed by atoms with Crippen molar-refractivity contribution < 1.29 is 24.2 Å². The zero-order valence-electron chi connectivity index (χ0n) is 21.0. The van der Waals surface area contributed by atoms with E-state index in [2.05, 4.69) is 6.58 Å². The monoisotopic (exact) mass is 534 g/mol. The van der Waals surface area contributed by atoms with Gasteiger partial charge in [-0.1, -0.05) is 29.8 Å². The van der Waals surface area contributed by atoms with Gasteiger partial charge in [-0.3, -0.25) is 14.4 Å². The summed E-state index contributed by atoms with van der Waals surface area (Å²) in [5, 5.41) is 9.64. The molecule has 2 amide bonds. The summed E-state index contributed by atoms with van der Waals surface area (Å²) in [6.45, 7) is 8.53. The number of carbonyl (C=O) groups excluding carboxylic acids is 3. The second-order valence-corrected chi connectivity index (χ2v) is 11.8. The van der Waals surface area contributed by atoms with Crippen LogP contribution in [-0.4, -0.2) is 70.1 Å². The first-order valence-electron chi connectivity index (χ1n) is 12.8. The Balaban J connectivity index is 1.76. The number of thioether (sulfide) groups is 1. The highest BCUT2D eigenvalue weighted by atomic mass is 35.5. The molecule has 0 saturated carbocycles. The van der Waals surface area contributed by atoms with Gasteiger partial charge < -0.3 is 19.6 Å². The lowest BCUT2D eigenvalue weighted by Gasteiger charge is -2.37. The van der Waals surface area contributed by atoms with Crippen molar-refractivity contribution in [2.75, 3.05) is 31.2 Å². The second kappa shape index (κ2) is 11.2. The van der Waals surface area contributed by atoms with E-state index in [4.69, 9.17) is 16.3 Å². The van der Waals surface area contributed by atoms with E-state index in [0.29, 0.717) is 36.5 Å². The standard InChI is InChI=1S/C27H35ClN2O5S/c1-4-14-29(22-17(3)10-9-11-18(22)28)25(33)23-27-13-12-19(36-27)20(26(34)35-5-2)21(27)24(32)30(23)15-7-6-8-16-31/h4,9-11,19-21,23,31H,1,5-8,12-16H2,2-3H3/t19-,20+,21+,23?,27?/m1/s1. The van der Waals surface area contributed by atoms with Gasteiger partial charge in [-0.15, -0.1) is 18.3 Å². The number of halogens is 1. The zero-order chi connectivity index (χ0) is 26.0. The van der Waals surface area contributed by atoms with Crippen LogP contribution in [0.25, 0.3) is 0 Å². The molecule has 2 unspecified atom stereocenters. The highest BCUT2D eigenvalue weighted by Crippen LogP contribution is 2.66. The third kappa shape index (κ3) is 4.45. The molecule has 9 heteroatoms. The fraction of sp³-hybridized carbons (Fsp3) is 0.593. The van der Waals surface area contributed by atoms with Gasteiger partial charge in [0.25, 0.3) is 5.91 Å². The van der Waals surface area contributed by atoms with Gasteiger partial charge in [0.05, 0.1) is 33.9 Å². The lowest BCUT2D eigenvalue weighted by molar-refractivity contribution is -0.153. The number of aliphatic hydroxyl groups is 1. The molecule has 3 heterocycles. The molecule has 1 aromatic rings. The molecule has 1 N–H and O–H groups in total. The first-order valence-corrected chi connectivity index (χ1v) is 14.0. The number of benzene rings is 1. The Morgan fingerprint density at radius 3 is 2.81 bits per heavy atom. The molecule has 5 atom stereocenters. The van der Waals surface area contributed by atoms with Crippen molar-refractivity contribution in [3.05, 3.63) is 41.4 Å². The minimum atomic E-state index is -0.714. The number of fused-ring (bicyclic) bond motifs is 1. The van der Waals surface area contributed by atoms with E-state index in [1.807, 2.05) is 19.1 Å². The number of anilines is 1.